The summed E-state index contributed by atoms with van der Waals surface area (Å²) in [6, 6.07) is 12.5. The first-order valence-electron chi connectivity index (χ1n) is 9.37. The summed E-state index contributed by atoms with van der Waals surface area (Å²) >= 11 is 0. The molecule has 2 rings (SSSR count). The highest BCUT2D eigenvalue weighted by molar-refractivity contribution is 7.92. The molecule has 29 heavy (non-hydrogen) atoms. The highest BCUT2D eigenvalue weighted by Crippen LogP contribution is 2.29. The third kappa shape index (κ3) is 6.39. The normalized spacial score (nSPS) is 11.0. The molecule has 158 valence electrons. The molecule has 0 saturated carbocycles. The molecule has 1 amide bonds. The van der Waals surface area contributed by atoms with Crippen molar-refractivity contribution >= 4 is 27.3 Å². The van der Waals surface area contributed by atoms with E-state index in [2.05, 4.69) is 5.32 Å². The van der Waals surface area contributed by atoms with Gasteiger partial charge in [-0.1, -0.05) is 19.1 Å². The Morgan fingerprint density at radius 2 is 1.69 bits per heavy atom. The number of rotatable bonds is 10. The lowest BCUT2D eigenvalue weighted by Gasteiger charge is -2.22. The van der Waals surface area contributed by atoms with Crippen LogP contribution in [0.25, 0.3) is 0 Å². The van der Waals surface area contributed by atoms with Crippen LogP contribution in [0, 0.1) is 0 Å². The van der Waals surface area contributed by atoms with Crippen molar-refractivity contribution in [2.75, 3.05) is 36.6 Å². The Morgan fingerprint density at radius 3 is 2.24 bits per heavy atom. The Morgan fingerprint density at radius 1 is 1.03 bits per heavy atom. The van der Waals surface area contributed by atoms with Crippen molar-refractivity contribution in [2.24, 2.45) is 0 Å². The van der Waals surface area contributed by atoms with Crippen LogP contribution < -0.4 is 19.1 Å². The molecule has 0 fully saturated rings. The van der Waals surface area contributed by atoms with E-state index in [0.717, 1.165) is 12.0 Å². The summed E-state index contributed by atoms with van der Waals surface area (Å²) in [5.74, 6) is 0.888. The maximum absolute atomic E-state index is 12.3. The van der Waals surface area contributed by atoms with Crippen LogP contribution in [0.1, 0.15) is 25.3 Å². The number of ether oxygens (including phenoxy) is 2. The Balaban J connectivity index is 1.97. The molecule has 0 aromatic heterocycles. The van der Waals surface area contributed by atoms with Gasteiger partial charge in [-0.15, -0.1) is 0 Å². The summed E-state index contributed by atoms with van der Waals surface area (Å²) in [5, 5.41) is 2.79. The van der Waals surface area contributed by atoms with Gasteiger partial charge in [-0.25, -0.2) is 8.42 Å². The first-order valence-corrected chi connectivity index (χ1v) is 11.2. The van der Waals surface area contributed by atoms with Gasteiger partial charge in [0.2, 0.25) is 15.9 Å². The highest BCUT2D eigenvalue weighted by atomic mass is 32.2. The number of hydrogen-bond donors (Lipinski definition) is 1. The van der Waals surface area contributed by atoms with Crippen LogP contribution >= 0.6 is 0 Å². The van der Waals surface area contributed by atoms with Crippen LogP contribution in [0.4, 0.5) is 11.4 Å². The van der Waals surface area contributed by atoms with E-state index in [-0.39, 0.29) is 18.9 Å². The number of amides is 1. The second-order valence-electron chi connectivity index (χ2n) is 6.58. The Hall–Kier alpha value is -2.74. The van der Waals surface area contributed by atoms with Crippen LogP contribution in [0.2, 0.25) is 0 Å². The molecule has 1 N–H and O–H groups in total. The summed E-state index contributed by atoms with van der Waals surface area (Å²) in [5.41, 5.74) is 2.32. The number of nitrogens with one attached hydrogen (secondary N) is 1. The van der Waals surface area contributed by atoms with Gasteiger partial charge >= 0.3 is 0 Å². The van der Waals surface area contributed by atoms with Crippen molar-refractivity contribution in [2.45, 2.75) is 26.2 Å². The van der Waals surface area contributed by atoms with Crippen molar-refractivity contribution < 1.29 is 22.7 Å². The summed E-state index contributed by atoms with van der Waals surface area (Å²) in [6.45, 7) is 2.27. The van der Waals surface area contributed by atoms with E-state index < -0.39 is 10.0 Å². The number of methoxy groups -OCH3 is 2. The minimum absolute atomic E-state index is 0.188. The molecule has 0 aliphatic carbocycles. The monoisotopic (exact) mass is 420 g/mol. The lowest BCUT2D eigenvalue weighted by atomic mass is 10.1. The van der Waals surface area contributed by atoms with E-state index in [0.29, 0.717) is 29.3 Å². The van der Waals surface area contributed by atoms with Crippen LogP contribution in [0.5, 0.6) is 11.5 Å². The summed E-state index contributed by atoms with van der Waals surface area (Å²) in [7, 11) is -0.375. The number of aryl methyl sites for hydroxylation is 1. The molecular formula is C21H28N2O5S. The fraction of sp³-hybridized carbons (Fsp3) is 0.381. The second kappa shape index (κ2) is 10.2. The minimum Gasteiger partial charge on any atom is -0.493 e. The molecule has 7 nitrogen and oxygen atoms in total. The third-order valence-electron chi connectivity index (χ3n) is 4.47. The van der Waals surface area contributed by atoms with E-state index in [9.17, 15) is 13.2 Å². The maximum Gasteiger partial charge on any atom is 0.232 e. The number of hydrogen-bond acceptors (Lipinski definition) is 5. The van der Waals surface area contributed by atoms with Crippen LogP contribution in [-0.4, -0.2) is 41.3 Å². The zero-order valence-corrected chi connectivity index (χ0v) is 18.1. The quantitative estimate of drug-likeness (QED) is 0.636. The largest absolute Gasteiger partial charge is 0.493 e. The molecule has 0 unspecified atom stereocenters. The van der Waals surface area contributed by atoms with Crippen molar-refractivity contribution in [3.63, 3.8) is 0 Å². The molecule has 2 aromatic rings. The van der Waals surface area contributed by atoms with Crippen molar-refractivity contribution in [1.29, 1.82) is 0 Å². The standard InChI is InChI=1S/C21H28N2O5S/c1-5-16-8-11-18(12-9-16)23(29(4,25)26)14-6-7-21(24)22-17-10-13-19(27-2)20(15-17)28-3/h8-13,15H,5-7,14H2,1-4H3,(H,22,24). The number of benzene rings is 2. The second-order valence-corrected chi connectivity index (χ2v) is 8.48. The summed E-state index contributed by atoms with van der Waals surface area (Å²) in [4.78, 5) is 12.3. The zero-order valence-electron chi connectivity index (χ0n) is 17.3. The van der Waals surface area contributed by atoms with Gasteiger partial charge in [0.05, 0.1) is 26.2 Å². The van der Waals surface area contributed by atoms with E-state index in [1.807, 2.05) is 19.1 Å². The lowest BCUT2D eigenvalue weighted by molar-refractivity contribution is -0.116. The predicted molar refractivity (Wildman–Crippen MR) is 115 cm³/mol. The van der Waals surface area contributed by atoms with Gasteiger partial charge in [0, 0.05) is 24.7 Å². The number of carbonyl (C=O) groups is 1. The number of anilines is 2. The van der Waals surface area contributed by atoms with E-state index in [1.165, 1.54) is 17.7 Å². The van der Waals surface area contributed by atoms with Crippen molar-refractivity contribution in [3.8, 4) is 11.5 Å². The molecule has 0 radical (unpaired) electrons. The van der Waals surface area contributed by atoms with Crippen molar-refractivity contribution in [1.82, 2.24) is 0 Å². The molecule has 8 heteroatoms. The van der Waals surface area contributed by atoms with E-state index in [1.54, 1.807) is 37.4 Å². The molecule has 0 saturated heterocycles. The Labute approximate surface area is 172 Å². The molecule has 0 atom stereocenters. The van der Waals surface area contributed by atoms with Gasteiger partial charge in [-0.3, -0.25) is 9.10 Å². The van der Waals surface area contributed by atoms with Crippen LogP contribution in [-0.2, 0) is 21.2 Å². The Bertz CT molecular complexity index is 927. The number of nitrogens with zero attached hydrogens (tertiary/aromatic N) is 1. The molecule has 0 aliphatic heterocycles. The SMILES string of the molecule is CCc1ccc(N(CCCC(=O)Nc2ccc(OC)c(OC)c2)S(C)(=O)=O)cc1. The van der Waals surface area contributed by atoms with E-state index >= 15 is 0 Å². The predicted octanol–water partition coefficient (Wildman–Crippen LogP) is 3.45. The number of carbonyl (C=O) groups excluding carboxylic acids is 1. The van der Waals surface area contributed by atoms with Crippen molar-refractivity contribution in [3.05, 3.63) is 48.0 Å². The third-order valence-corrected chi connectivity index (χ3v) is 5.66. The molecule has 0 spiro atoms. The van der Waals surface area contributed by atoms with Gasteiger partial charge in [-0.2, -0.15) is 0 Å². The first-order chi connectivity index (χ1) is 13.8. The van der Waals surface area contributed by atoms with Gasteiger partial charge in [0.15, 0.2) is 11.5 Å². The molecule has 0 heterocycles. The van der Waals surface area contributed by atoms with Crippen LogP contribution in [0.3, 0.4) is 0 Å². The van der Waals surface area contributed by atoms with E-state index in [4.69, 9.17) is 9.47 Å². The number of sulfonamides is 1. The summed E-state index contributed by atoms with van der Waals surface area (Å²) < 4.78 is 36.1. The average molecular weight is 421 g/mol. The van der Waals surface area contributed by atoms with Gasteiger partial charge < -0.3 is 14.8 Å². The smallest absolute Gasteiger partial charge is 0.232 e. The Kier molecular flexibility index (Phi) is 7.90. The summed E-state index contributed by atoms with van der Waals surface area (Å²) in [6.07, 6.45) is 2.63. The zero-order chi connectivity index (χ0) is 21.4. The fourth-order valence-electron chi connectivity index (χ4n) is 2.91. The topological polar surface area (TPSA) is 84.9 Å². The van der Waals surface area contributed by atoms with Gasteiger partial charge in [-0.05, 0) is 42.7 Å². The lowest BCUT2D eigenvalue weighted by Crippen LogP contribution is -2.31. The maximum atomic E-state index is 12.3. The highest BCUT2D eigenvalue weighted by Gasteiger charge is 2.17. The van der Waals surface area contributed by atoms with Gasteiger partial charge in [0.25, 0.3) is 0 Å². The van der Waals surface area contributed by atoms with Gasteiger partial charge in [0.1, 0.15) is 0 Å². The first kappa shape index (κ1) is 22.5. The molecule has 2 aromatic carbocycles. The average Bonchev–Trinajstić information content (AvgIpc) is 2.70. The van der Waals surface area contributed by atoms with Crippen LogP contribution in [0.15, 0.2) is 42.5 Å². The molecule has 0 aliphatic rings. The fourth-order valence-corrected chi connectivity index (χ4v) is 3.87. The minimum atomic E-state index is -3.44. The molecular weight excluding hydrogens is 392 g/mol. The molecule has 0 bridgehead atoms.